The van der Waals surface area contributed by atoms with Crippen LogP contribution in [0.1, 0.15) is 31.4 Å². The number of fused-ring (bicyclic) bond motifs is 3. The molecule has 4 nitrogen and oxygen atoms in total. The Bertz CT molecular complexity index is 746. The van der Waals surface area contributed by atoms with Gasteiger partial charge in [-0.25, -0.2) is 0 Å². The summed E-state index contributed by atoms with van der Waals surface area (Å²) in [5, 5.41) is 1.21. The molecule has 2 saturated carbocycles. The highest BCUT2D eigenvalue weighted by Gasteiger charge is 2.43. The number of rotatable bonds is 5. The lowest BCUT2D eigenvalue weighted by Crippen LogP contribution is -2.43. The van der Waals surface area contributed by atoms with Crippen molar-refractivity contribution in [3.63, 3.8) is 0 Å². The van der Waals surface area contributed by atoms with Crippen molar-refractivity contribution in [2.24, 2.45) is 5.92 Å². The third-order valence-corrected chi connectivity index (χ3v) is 5.91. The molecule has 3 atom stereocenters. The molecule has 3 fully saturated rings. The maximum absolute atomic E-state index is 6.33. The van der Waals surface area contributed by atoms with Crippen LogP contribution in [0.15, 0.2) is 36.4 Å². The minimum absolute atomic E-state index is 0.239. The number of aromatic nitrogens is 1. The highest BCUT2D eigenvalue weighted by Crippen LogP contribution is 2.35. The quantitative estimate of drug-likeness (QED) is 0.837. The van der Waals surface area contributed by atoms with Crippen molar-refractivity contribution in [2.75, 3.05) is 19.8 Å². The van der Waals surface area contributed by atoms with Crippen LogP contribution in [0, 0.1) is 5.92 Å². The molecule has 1 aromatic heterocycles. The van der Waals surface area contributed by atoms with Crippen LogP contribution in [0.25, 0.3) is 10.9 Å². The summed E-state index contributed by atoms with van der Waals surface area (Å²) in [6, 6.07) is 13.2. The van der Waals surface area contributed by atoms with Crippen LogP contribution >= 0.6 is 0 Å². The van der Waals surface area contributed by atoms with E-state index in [1.54, 1.807) is 0 Å². The Morgan fingerprint density at radius 3 is 2.92 bits per heavy atom. The number of benzene rings is 1. The van der Waals surface area contributed by atoms with E-state index in [0.717, 1.165) is 49.9 Å². The number of para-hydroxylation sites is 1. The number of ether oxygens (including phenoxy) is 2. The Morgan fingerprint density at radius 1 is 1.08 bits per heavy atom. The van der Waals surface area contributed by atoms with Crippen molar-refractivity contribution in [3.8, 4) is 0 Å². The van der Waals surface area contributed by atoms with Gasteiger partial charge in [-0.3, -0.25) is 9.88 Å². The van der Waals surface area contributed by atoms with Crippen molar-refractivity contribution in [2.45, 2.75) is 50.5 Å². The molecule has 1 aromatic carbocycles. The third kappa shape index (κ3) is 3.31. The third-order valence-electron chi connectivity index (χ3n) is 5.91. The van der Waals surface area contributed by atoms with Crippen molar-refractivity contribution in [1.29, 1.82) is 0 Å². The largest absolute Gasteiger partial charge is 0.374 e. The van der Waals surface area contributed by atoms with Gasteiger partial charge in [-0.05, 0) is 43.7 Å². The van der Waals surface area contributed by atoms with Gasteiger partial charge in [-0.2, -0.15) is 0 Å². The second-order valence-corrected chi connectivity index (χ2v) is 7.76. The maximum atomic E-state index is 6.33. The second kappa shape index (κ2) is 6.67. The number of hydrogen-bond acceptors (Lipinski definition) is 4. The molecule has 3 unspecified atom stereocenters. The molecule has 1 saturated heterocycles. The van der Waals surface area contributed by atoms with Gasteiger partial charge in [0.15, 0.2) is 0 Å². The minimum Gasteiger partial charge on any atom is -0.374 e. The highest BCUT2D eigenvalue weighted by atomic mass is 16.5. The van der Waals surface area contributed by atoms with E-state index in [4.69, 9.17) is 14.5 Å². The zero-order chi connectivity index (χ0) is 16.6. The molecule has 132 valence electrons. The van der Waals surface area contributed by atoms with Crippen molar-refractivity contribution in [3.05, 3.63) is 42.1 Å². The Labute approximate surface area is 149 Å². The molecule has 1 aliphatic heterocycles. The molecule has 2 aromatic rings. The first kappa shape index (κ1) is 15.7. The molecule has 0 N–H and O–H groups in total. The number of pyridine rings is 1. The van der Waals surface area contributed by atoms with Crippen LogP contribution in [0.3, 0.4) is 0 Å². The van der Waals surface area contributed by atoms with Gasteiger partial charge in [0.05, 0.1) is 30.0 Å². The van der Waals surface area contributed by atoms with E-state index in [9.17, 15) is 0 Å². The highest BCUT2D eigenvalue weighted by molar-refractivity contribution is 5.78. The van der Waals surface area contributed by atoms with Gasteiger partial charge in [0, 0.05) is 31.1 Å². The van der Waals surface area contributed by atoms with Crippen LogP contribution in [-0.4, -0.2) is 47.9 Å². The lowest BCUT2D eigenvalue weighted by molar-refractivity contribution is -0.0572. The maximum Gasteiger partial charge on any atom is 0.0991 e. The molecule has 0 radical (unpaired) electrons. The van der Waals surface area contributed by atoms with Gasteiger partial charge in [0.1, 0.15) is 0 Å². The van der Waals surface area contributed by atoms with E-state index in [1.807, 2.05) is 0 Å². The average molecular weight is 338 g/mol. The fraction of sp³-hybridized carbons (Fsp3) is 0.571. The van der Waals surface area contributed by atoms with E-state index in [1.165, 1.54) is 24.6 Å². The normalized spacial score (nSPS) is 29.8. The van der Waals surface area contributed by atoms with E-state index >= 15 is 0 Å². The number of hydrogen-bond donors (Lipinski definition) is 0. The van der Waals surface area contributed by atoms with Gasteiger partial charge in [-0.15, -0.1) is 0 Å². The van der Waals surface area contributed by atoms with Crippen LogP contribution in [-0.2, 0) is 16.0 Å². The Balaban J connectivity index is 1.34. The predicted molar refractivity (Wildman–Crippen MR) is 97.4 cm³/mol. The molecule has 25 heavy (non-hydrogen) atoms. The van der Waals surface area contributed by atoms with E-state index < -0.39 is 0 Å². The summed E-state index contributed by atoms with van der Waals surface area (Å²) in [5.41, 5.74) is 2.22. The summed E-state index contributed by atoms with van der Waals surface area (Å²) in [6.07, 6.45) is 5.51. The van der Waals surface area contributed by atoms with Gasteiger partial charge < -0.3 is 9.47 Å². The van der Waals surface area contributed by atoms with Crippen LogP contribution in [0.2, 0.25) is 0 Å². The first-order valence-corrected chi connectivity index (χ1v) is 9.69. The van der Waals surface area contributed by atoms with Gasteiger partial charge in [-0.1, -0.05) is 24.3 Å². The smallest absolute Gasteiger partial charge is 0.0991 e. The molecule has 2 heterocycles. The van der Waals surface area contributed by atoms with Crippen molar-refractivity contribution < 1.29 is 9.47 Å². The fourth-order valence-electron chi connectivity index (χ4n) is 4.32. The zero-order valence-corrected chi connectivity index (χ0v) is 14.6. The van der Waals surface area contributed by atoms with Gasteiger partial charge >= 0.3 is 0 Å². The summed E-state index contributed by atoms with van der Waals surface area (Å²) < 4.78 is 12.4. The lowest BCUT2D eigenvalue weighted by atomic mass is 10.1. The topological polar surface area (TPSA) is 34.6 Å². The number of nitrogens with zero attached hydrogens (tertiary/aromatic N) is 2. The molecule has 0 spiro atoms. The first-order chi connectivity index (χ1) is 12.4. The second-order valence-electron chi connectivity index (χ2n) is 7.76. The molecular formula is C21H26N2O2. The van der Waals surface area contributed by atoms with E-state index in [0.29, 0.717) is 12.1 Å². The molecule has 2 aliphatic carbocycles. The zero-order valence-electron chi connectivity index (χ0n) is 14.6. The standard InChI is InChI=1S/C21H26N2O2/c1-2-4-18-16(3-1)7-8-17(22-18)13-23-11-12-24-20-10-9-19(23)21(20)25-14-15-5-6-15/h1-4,7-8,15,19-21H,5-6,9-14H2. The summed E-state index contributed by atoms with van der Waals surface area (Å²) >= 11 is 0. The van der Waals surface area contributed by atoms with Crippen molar-refractivity contribution >= 4 is 10.9 Å². The average Bonchev–Trinajstić information content (AvgIpc) is 3.39. The molecule has 5 rings (SSSR count). The van der Waals surface area contributed by atoms with E-state index in [2.05, 4.69) is 41.3 Å². The van der Waals surface area contributed by atoms with Gasteiger partial charge in [0.2, 0.25) is 0 Å². The Morgan fingerprint density at radius 2 is 2.00 bits per heavy atom. The SMILES string of the molecule is c1ccc2nc(CN3CCOC4CCC3C4OCC3CC3)ccc2c1. The minimum atomic E-state index is 0.239. The first-order valence-electron chi connectivity index (χ1n) is 9.69. The summed E-state index contributed by atoms with van der Waals surface area (Å²) in [5.74, 6) is 0.804. The Kier molecular flexibility index (Phi) is 4.20. The lowest BCUT2D eigenvalue weighted by Gasteiger charge is -2.31. The molecule has 3 aliphatic rings. The van der Waals surface area contributed by atoms with E-state index in [-0.39, 0.29) is 6.10 Å². The van der Waals surface area contributed by atoms with Crippen LogP contribution in [0.4, 0.5) is 0 Å². The summed E-state index contributed by atoms with van der Waals surface area (Å²) in [6.45, 7) is 3.58. The predicted octanol–water partition coefficient (Wildman–Crippen LogP) is 3.39. The molecular weight excluding hydrogens is 312 g/mol. The Hall–Kier alpha value is -1.49. The van der Waals surface area contributed by atoms with Crippen LogP contribution < -0.4 is 0 Å². The van der Waals surface area contributed by atoms with Crippen LogP contribution in [0.5, 0.6) is 0 Å². The fourth-order valence-corrected chi connectivity index (χ4v) is 4.32. The monoisotopic (exact) mass is 338 g/mol. The molecule has 2 bridgehead atoms. The summed E-state index contributed by atoms with van der Waals surface area (Å²) in [4.78, 5) is 7.41. The van der Waals surface area contributed by atoms with Crippen molar-refractivity contribution in [1.82, 2.24) is 9.88 Å². The summed E-state index contributed by atoms with van der Waals surface area (Å²) in [7, 11) is 0. The molecule has 0 amide bonds. The van der Waals surface area contributed by atoms with Gasteiger partial charge in [0.25, 0.3) is 0 Å². The molecule has 4 heteroatoms.